The maximum absolute atomic E-state index is 14.5. The summed E-state index contributed by atoms with van der Waals surface area (Å²) in [5.74, 6) is -1.59. The van der Waals surface area contributed by atoms with Gasteiger partial charge < -0.3 is 10.4 Å². The number of benzene rings is 1. The normalized spacial score (nSPS) is 13.1. The minimum Gasteiger partial charge on any atom is -0.381 e. The summed E-state index contributed by atoms with van der Waals surface area (Å²) in [5, 5.41) is 28.4. The number of hydrogen-bond acceptors (Lipinski definition) is 6. The molecular formula is C20H21F2N5OS. The first-order valence-electron chi connectivity index (χ1n) is 9.22. The van der Waals surface area contributed by atoms with Crippen molar-refractivity contribution in [3.05, 3.63) is 64.6 Å². The molecular weight excluding hydrogens is 396 g/mol. The summed E-state index contributed by atoms with van der Waals surface area (Å²) >= 11 is 1.44. The summed E-state index contributed by atoms with van der Waals surface area (Å²) < 4.78 is 29.2. The Labute approximate surface area is 171 Å². The van der Waals surface area contributed by atoms with Crippen molar-refractivity contribution in [1.82, 2.24) is 14.8 Å². The van der Waals surface area contributed by atoms with Crippen LogP contribution in [-0.4, -0.2) is 26.4 Å². The fourth-order valence-electron chi connectivity index (χ4n) is 3.04. The highest BCUT2D eigenvalue weighted by Gasteiger charge is 2.34. The maximum atomic E-state index is 14.5. The molecule has 0 saturated heterocycles. The van der Waals surface area contributed by atoms with Gasteiger partial charge in [0.15, 0.2) is 0 Å². The van der Waals surface area contributed by atoms with Gasteiger partial charge in [-0.2, -0.15) is 10.4 Å². The van der Waals surface area contributed by atoms with Gasteiger partial charge in [0, 0.05) is 16.5 Å². The van der Waals surface area contributed by atoms with E-state index in [1.807, 2.05) is 6.07 Å². The smallest absolute Gasteiger partial charge is 0.137 e. The monoisotopic (exact) mass is 417 g/mol. The van der Waals surface area contributed by atoms with Crippen LogP contribution < -0.4 is 5.32 Å². The Hall–Kier alpha value is -2.83. The topological polar surface area (TPSA) is 86.8 Å². The highest BCUT2D eigenvalue weighted by atomic mass is 32.1. The molecule has 1 aromatic carbocycles. The molecule has 1 unspecified atom stereocenters. The SMILES string of the molecule is CCCCc1cc(C#N)c(NCC(O)(Cn2cncn2)c2ccc(F)cc2F)s1. The van der Waals surface area contributed by atoms with E-state index in [1.54, 1.807) is 0 Å². The summed E-state index contributed by atoms with van der Waals surface area (Å²) in [5.41, 5.74) is -1.34. The van der Waals surface area contributed by atoms with E-state index in [0.717, 1.165) is 36.3 Å². The first kappa shape index (κ1) is 20.9. The number of aliphatic hydroxyl groups is 1. The number of nitrogens with one attached hydrogen (secondary N) is 1. The number of nitriles is 1. The molecule has 0 spiro atoms. The molecule has 0 amide bonds. The van der Waals surface area contributed by atoms with Crippen molar-refractivity contribution in [1.29, 1.82) is 5.26 Å². The molecule has 0 fully saturated rings. The number of halogens is 2. The van der Waals surface area contributed by atoms with E-state index >= 15 is 0 Å². The zero-order valence-electron chi connectivity index (χ0n) is 15.9. The molecule has 0 bridgehead atoms. The third-order valence-electron chi connectivity index (χ3n) is 4.54. The number of nitrogens with zero attached hydrogens (tertiary/aromatic N) is 4. The van der Waals surface area contributed by atoms with Gasteiger partial charge in [-0.15, -0.1) is 11.3 Å². The number of rotatable bonds is 9. The van der Waals surface area contributed by atoms with Crippen LogP contribution in [0.5, 0.6) is 0 Å². The molecule has 2 N–H and O–H groups in total. The van der Waals surface area contributed by atoms with Crippen LogP contribution in [0.1, 0.15) is 35.8 Å². The number of aryl methyl sites for hydroxylation is 1. The Balaban J connectivity index is 1.88. The second-order valence-corrected chi connectivity index (χ2v) is 7.91. The minimum absolute atomic E-state index is 0.0665. The summed E-state index contributed by atoms with van der Waals surface area (Å²) in [6, 6.07) is 7.03. The second kappa shape index (κ2) is 9.11. The van der Waals surface area contributed by atoms with Crippen LogP contribution in [0.4, 0.5) is 13.8 Å². The van der Waals surface area contributed by atoms with E-state index in [-0.39, 0.29) is 18.7 Å². The summed E-state index contributed by atoms with van der Waals surface area (Å²) in [7, 11) is 0. The lowest BCUT2D eigenvalue weighted by Crippen LogP contribution is -2.39. The average molecular weight is 417 g/mol. The van der Waals surface area contributed by atoms with Crippen LogP contribution in [0.15, 0.2) is 36.9 Å². The third-order valence-corrected chi connectivity index (χ3v) is 5.70. The zero-order valence-corrected chi connectivity index (χ0v) is 16.7. The van der Waals surface area contributed by atoms with Crippen molar-refractivity contribution in [3.63, 3.8) is 0 Å². The van der Waals surface area contributed by atoms with Gasteiger partial charge in [-0.05, 0) is 25.0 Å². The summed E-state index contributed by atoms with van der Waals surface area (Å²) in [6.07, 6.45) is 5.64. The van der Waals surface area contributed by atoms with Gasteiger partial charge in [-0.3, -0.25) is 0 Å². The van der Waals surface area contributed by atoms with Gasteiger partial charge in [0.1, 0.15) is 41.0 Å². The lowest BCUT2D eigenvalue weighted by Gasteiger charge is -2.29. The van der Waals surface area contributed by atoms with Crippen LogP contribution >= 0.6 is 11.3 Å². The lowest BCUT2D eigenvalue weighted by molar-refractivity contribution is 0.0248. The van der Waals surface area contributed by atoms with Crippen molar-refractivity contribution in [2.45, 2.75) is 38.3 Å². The molecule has 29 heavy (non-hydrogen) atoms. The van der Waals surface area contributed by atoms with Crippen molar-refractivity contribution < 1.29 is 13.9 Å². The van der Waals surface area contributed by atoms with Crippen LogP contribution in [0.3, 0.4) is 0 Å². The zero-order chi connectivity index (χ0) is 20.9. The molecule has 0 aliphatic rings. The number of thiophene rings is 1. The Kier molecular flexibility index (Phi) is 6.56. The Morgan fingerprint density at radius 1 is 1.34 bits per heavy atom. The summed E-state index contributed by atoms with van der Waals surface area (Å²) in [6.45, 7) is 1.90. The second-order valence-electron chi connectivity index (χ2n) is 6.77. The van der Waals surface area contributed by atoms with Crippen LogP contribution in [0.2, 0.25) is 0 Å². The van der Waals surface area contributed by atoms with E-state index in [9.17, 15) is 19.1 Å². The summed E-state index contributed by atoms with van der Waals surface area (Å²) in [4.78, 5) is 4.91. The molecule has 0 saturated carbocycles. The lowest BCUT2D eigenvalue weighted by atomic mass is 9.93. The average Bonchev–Trinajstić information content (AvgIpc) is 3.33. The van der Waals surface area contributed by atoms with Gasteiger partial charge >= 0.3 is 0 Å². The number of anilines is 1. The Bertz CT molecular complexity index is 999. The molecule has 2 aromatic heterocycles. The predicted molar refractivity (Wildman–Crippen MR) is 106 cm³/mol. The van der Waals surface area contributed by atoms with Crippen molar-refractivity contribution in [2.24, 2.45) is 0 Å². The van der Waals surface area contributed by atoms with Gasteiger partial charge in [0.25, 0.3) is 0 Å². The minimum atomic E-state index is -1.74. The van der Waals surface area contributed by atoms with Crippen molar-refractivity contribution >= 4 is 16.3 Å². The number of unbranched alkanes of at least 4 members (excludes halogenated alkanes) is 1. The van der Waals surface area contributed by atoms with Gasteiger partial charge in [-0.1, -0.05) is 19.4 Å². The standard InChI is InChI=1S/C20H21F2N5OS/c1-2-3-4-16-7-14(9-23)19(29-16)25-10-20(28,11-27-13-24-12-26-27)17-6-5-15(21)8-18(17)22/h5-8,12-13,25,28H,2-4,10-11H2,1H3. The fraction of sp³-hybridized carbons (Fsp3) is 0.350. The van der Waals surface area contributed by atoms with E-state index in [1.165, 1.54) is 34.7 Å². The first-order chi connectivity index (χ1) is 13.9. The molecule has 1 atom stereocenters. The van der Waals surface area contributed by atoms with E-state index < -0.39 is 17.2 Å². The van der Waals surface area contributed by atoms with Gasteiger partial charge in [-0.25, -0.2) is 18.4 Å². The Morgan fingerprint density at radius 2 is 2.17 bits per heavy atom. The molecule has 0 radical (unpaired) electrons. The number of aromatic nitrogens is 3. The number of hydrogen-bond donors (Lipinski definition) is 2. The molecule has 9 heteroatoms. The fourth-order valence-corrected chi connectivity index (χ4v) is 4.09. The largest absolute Gasteiger partial charge is 0.381 e. The third kappa shape index (κ3) is 4.96. The van der Waals surface area contributed by atoms with Crippen LogP contribution in [-0.2, 0) is 18.6 Å². The van der Waals surface area contributed by atoms with E-state index in [0.29, 0.717) is 10.6 Å². The molecule has 2 heterocycles. The molecule has 6 nitrogen and oxygen atoms in total. The van der Waals surface area contributed by atoms with Gasteiger partial charge in [0.2, 0.25) is 0 Å². The highest BCUT2D eigenvalue weighted by molar-refractivity contribution is 7.16. The van der Waals surface area contributed by atoms with Crippen molar-refractivity contribution in [2.75, 3.05) is 11.9 Å². The molecule has 3 aromatic rings. The van der Waals surface area contributed by atoms with E-state index in [2.05, 4.69) is 28.4 Å². The van der Waals surface area contributed by atoms with Crippen LogP contribution in [0.25, 0.3) is 0 Å². The molecule has 3 rings (SSSR count). The quantitative estimate of drug-likeness (QED) is 0.553. The Morgan fingerprint density at radius 3 is 2.83 bits per heavy atom. The molecule has 0 aliphatic heterocycles. The predicted octanol–water partition coefficient (Wildman–Crippen LogP) is 3.83. The maximum Gasteiger partial charge on any atom is 0.137 e. The highest BCUT2D eigenvalue weighted by Crippen LogP contribution is 2.32. The van der Waals surface area contributed by atoms with E-state index in [4.69, 9.17) is 0 Å². The van der Waals surface area contributed by atoms with Crippen molar-refractivity contribution in [3.8, 4) is 6.07 Å². The molecule has 152 valence electrons. The first-order valence-corrected chi connectivity index (χ1v) is 10.0. The van der Waals surface area contributed by atoms with Gasteiger partial charge in [0.05, 0.1) is 18.7 Å². The molecule has 0 aliphatic carbocycles. The van der Waals surface area contributed by atoms with Crippen LogP contribution in [0, 0.1) is 23.0 Å².